The zero-order chi connectivity index (χ0) is 6.41. The molecule has 0 spiro atoms. The first-order valence-corrected chi connectivity index (χ1v) is 3.04. The molecule has 8 heavy (non-hydrogen) atoms. The molecule has 2 nitrogen and oxygen atoms in total. The van der Waals surface area contributed by atoms with E-state index < -0.39 is 0 Å². The molecule has 0 aliphatic rings. The van der Waals surface area contributed by atoms with Crippen LogP contribution in [0.15, 0.2) is 0 Å². The Morgan fingerprint density at radius 2 is 2.50 bits per heavy atom. The molecule has 0 radical (unpaired) electrons. The summed E-state index contributed by atoms with van der Waals surface area (Å²) < 4.78 is 4.83. The van der Waals surface area contributed by atoms with Gasteiger partial charge in [0.1, 0.15) is 0 Å². The summed E-state index contributed by atoms with van der Waals surface area (Å²) in [7, 11) is 2.16. The molecule has 0 fully saturated rings. The molecule has 0 rings (SSSR count). The van der Waals surface area contributed by atoms with Gasteiger partial charge in [-0.3, -0.25) is 0 Å². The standard InChI is InChI=1S/C5H10NOP/c1-2-5(7-8)3-4-6/h5H,2-3,8H2,1H3/t5-/m1/s1. The van der Waals surface area contributed by atoms with Crippen molar-refractivity contribution in [1.29, 1.82) is 5.26 Å². The molecule has 1 unspecified atom stereocenters. The minimum atomic E-state index is 0.102. The number of nitriles is 1. The van der Waals surface area contributed by atoms with Crippen LogP contribution in [0.5, 0.6) is 0 Å². The Morgan fingerprint density at radius 1 is 1.88 bits per heavy atom. The minimum absolute atomic E-state index is 0.102. The van der Waals surface area contributed by atoms with E-state index in [1.165, 1.54) is 0 Å². The fourth-order valence-corrected chi connectivity index (χ4v) is 0.679. The van der Waals surface area contributed by atoms with Gasteiger partial charge in [0.25, 0.3) is 0 Å². The van der Waals surface area contributed by atoms with E-state index in [2.05, 4.69) is 9.47 Å². The maximum atomic E-state index is 8.16. The molecule has 0 aromatic rings. The van der Waals surface area contributed by atoms with Gasteiger partial charge in [-0.05, 0) is 6.42 Å². The summed E-state index contributed by atoms with van der Waals surface area (Å²) in [5, 5.41) is 8.16. The lowest BCUT2D eigenvalue weighted by Crippen LogP contribution is -2.02. The van der Waals surface area contributed by atoms with Crippen molar-refractivity contribution in [2.45, 2.75) is 25.9 Å². The van der Waals surface area contributed by atoms with E-state index in [1.54, 1.807) is 0 Å². The van der Waals surface area contributed by atoms with Crippen molar-refractivity contribution in [2.75, 3.05) is 0 Å². The van der Waals surface area contributed by atoms with Gasteiger partial charge in [0, 0.05) is 9.47 Å². The molecule has 3 heteroatoms. The molecular weight excluding hydrogens is 121 g/mol. The molecule has 0 saturated heterocycles. The summed E-state index contributed by atoms with van der Waals surface area (Å²) >= 11 is 0. The van der Waals surface area contributed by atoms with Crippen molar-refractivity contribution >= 4 is 9.47 Å². The highest BCUT2D eigenvalue weighted by molar-refractivity contribution is 7.09. The van der Waals surface area contributed by atoms with Crippen LogP contribution in [-0.2, 0) is 4.52 Å². The lowest BCUT2D eigenvalue weighted by atomic mass is 10.2. The van der Waals surface area contributed by atoms with E-state index in [9.17, 15) is 0 Å². The first kappa shape index (κ1) is 7.88. The Morgan fingerprint density at radius 3 is 2.62 bits per heavy atom. The third-order valence-electron chi connectivity index (χ3n) is 0.967. The lowest BCUT2D eigenvalue weighted by Gasteiger charge is -2.05. The molecule has 0 aliphatic heterocycles. The number of rotatable bonds is 3. The summed E-state index contributed by atoms with van der Waals surface area (Å²) in [4.78, 5) is 0. The molecule has 46 valence electrons. The second-order valence-electron chi connectivity index (χ2n) is 1.53. The van der Waals surface area contributed by atoms with Crippen LogP contribution < -0.4 is 0 Å². The summed E-state index contributed by atoms with van der Waals surface area (Å²) in [6.07, 6.45) is 1.49. The molecule has 0 bridgehead atoms. The lowest BCUT2D eigenvalue weighted by molar-refractivity contribution is 0.240. The first-order chi connectivity index (χ1) is 3.85. The van der Waals surface area contributed by atoms with Crippen LogP contribution >= 0.6 is 9.47 Å². The SMILES string of the molecule is CC[C@H](CC#N)OP. The second-order valence-corrected chi connectivity index (χ2v) is 1.80. The molecule has 0 heterocycles. The summed E-state index contributed by atoms with van der Waals surface area (Å²) in [6.45, 7) is 1.99. The minimum Gasteiger partial charge on any atom is -0.361 e. The van der Waals surface area contributed by atoms with Gasteiger partial charge in [0.2, 0.25) is 0 Å². The summed E-state index contributed by atoms with van der Waals surface area (Å²) in [5.41, 5.74) is 0. The van der Waals surface area contributed by atoms with Gasteiger partial charge in [-0.1, -0.05) is 6.92 Å². The van der Waals surface area contributed by atoms with Crippen LogP contribution in [0.1, 0.15) is 19.8 Å². The Bertz CT molecular complexity index is 84.9. The third-order valence-corrected chi connectivity index (χ3v) is 1.35. The van der Waals surface area contributed by atoms with Crippen molar-refractivity contribution in [3.05, 3.63) is 0 Å². The molecule has 0 amide bonds. The fourth-order valence-electron chi connectivity index (χ4n) is 0.390. The van der Waals surface area contributed by atoms with Gasteiger partial charge in [-0.15, -0.1) is 0 Å². The molecule has 0 N–H and O–H groups in total. The normalized spacial score (nSPS) is 12.6. The van der Waals surface area contributed by atoms with Crippen LogP contribution in [0, 0.1) is 11.3 Å². The summed E-state index contributed by atoms with van der Waals surface area (Å²) in [5.74, 6) is 0. The average molecular weight is 131 g/mol. The van der Waals surface area contributed by atoms with Crippen LogP contribution in [0.25, 0.3) is 0 Å². The monoisotopic (exact) mass is 131 g/mol. The zero-order valence-corrected chi connectivity index (χ0v) is 6.08. The van der Waals surface area contributed by atoms with Gasteiger partial charge in [-0.25, -0.2) is 0 Å². The highest BCUT2D eigenvalue weighted by Gasteiger charge is 2.00. The van der Waals surface area contributed by atoms with Crippen molar-refractivity contribution in [1.82, 2.24) is 0 Å². The van der Waals surface area contributed by atoms with Gasteiger partial charge < -0.3 is 4.52 Å². The summed E-state index contributed by atoms with van der Waals surface area (Å²) in [6, 6.07) is 2.03. The molecule has 0 saturated carbocycles. The third kappa shape index (κ3) is 2.96. The van der Waals surface area contributed by atoms with Crippen molar-refractivity contribution in [2.24, 2.45) is 0 Å². The van der Waals surface area contributed by atoms with E-state index in [0.717, 1.165) is 6.42 Å². The van der Waals surface area contributed by atoms with E-state index in [-0.39, 0.29) is 6.10 Å². The largest absolute Gasteiger partial charge is 0.361 e. The van der Waals surface area contributed by atoms with Gasteiger partial charge >= 0.3 is 0 Å². The predicted molar refractivity (Wildman–Crippen MR) is 35.1 cm³/mol. The van der Waals surface area contributed by atoms with E-state index >= 15 is 0 Å². The first-order valence-electron chi connectivity index (χ1n) is 2.57. The Balaban J connectivity index is 3.25. The van der Waals surface area contributed by atoms with E-state index in [1.807, 2.05) is 13.0 Å². The van der Waals surface area contributed by atoms with Crippen molar-refractivity contribution < 1.29 is 4.52 Å². The molecule has 0 aliphatic carbocycles. The van der Waals surface area contributed by atoms with Gasteiger partial charge in [0.15, 0.2) is 0 Å². The number of nitrogens with zero attached hydrogens (tertiary/aromatic N) is 1. The molecular formula is C5H10NOP. The Kier molecular flexibility index (Phi) is 4.95. The quantitative estimate of drug-likeness (QED) is 0.543. The highest BCUT2D eigenvalue weighted by Crippen LogP contribution is 2.05. The fraction of sp³-hybridized carbons (Fsp3) is 0.800. The molecule has 0 aromatic carbocycles. The highest BCUT2D eigenvalue weighted by atomic mass is 31.0. The number of hydrogen-bond donors (Lipinski definition) is 0. The van der Waals surface area contributed by atoms with Crippen LogP contribution in [0.3, 0.4) is 0 Å². The van der Waals surface area contributed by atoms with Crippen LogP contribution in [0.4, 0.5) is 0 Å². The van der Waals surface area contributed by atoms with E-state index in [0.29, 0.717) is 6.42 Å². The van der Waals surface area contributed by atoms with Gasteiger partial charge in [-0.2, -0.15) is 5.26 Å². The topological polar surface area (TPSA) is 33.0 Å². The van der Waals surface area contributed by atoms with E-state index in [4.69, 9.17) is 9.79 Å². The van der Waals surface area contributed by atoms with Crippen molar-refractivity contribution in [3.63, 3.8) is 0 Å². The zero-order valence-electron chi connectivity index (χ0n) is 4.92. The van der Waals surface area contributed by atoms with Crippen molar-refractivity contribution in [3.8, 4) is 6.07 Å². The van der Waals surface area contributed by atoms with Gasteiger partial charge in [0.05, 0.1) is 18.6 Å². The predicted octanol–water partition coefficient (Wildman–Crippen LogP) is 1.49. The average Bonchev–Trinajstić information content (AvgIpc) is 1.83. The maximum absolute atomic E-state index is 8.16. The smallest absolute Gasteiger partial charge is 0.0738 e. The van der Waals surface area contributed by atoms with Crippen LogP contribution in [-0.4, -0.2) is 6.10 Å². The van der Waals surface area contributed by atoms with Crippen LogP contribution in [0.2, 0.25) is 0 Å². The Labute approximate surface area is 52.1 Å². The maximum Gasteiger partial charge on any atom is 0.0738 e. The molecule has 0 aromatic heterocycles. The second kappa shape index (κ2) is 5.03. The Hall–Kier alpha value is -0.120. The molecule has 2 atom stereocenters. The number of hydrogen-bond acceptors (Lipinski definition) is 2.